The van der Waals surface area contributed by atoms with Crippen molar-refractivity contribution in [2.75, 3.05) is 18.9 Å². The summed E-state index contributed by atoms with van der Waals surface area (Å²) in [6.07, 6.45) is -3.66. The molecule has 2 saturated heterocycles. The van der Waals surface area contributed by atoms with E-state index in [1.54, 1.807) is 4.57 Å². The maximum absolute atomic E-state index is 13.6. The van der Waals surface area contributed by atoms with Gasteiger partial charge in [-0.1, -0.05) is 12.2 Å². The summed E-state index contributed by atoms with van der Waals surface area (Å²) in [5, 5.41) is 20.2. The Kier molecular flexibility index (Phi) is 7.81. The second kappa shape index (κ2) is 10.8. The van der Waals surface area contributed by atoms with Crippen LogP contribution in [-0.2, 0) is 30.3 Å². The van der Waals surface area contributed by atoms with Gasteiger partial charge in [0.15, 0.2) is 10.6 Å². The predicted octanol–water partition coefficient (Wildman–Crippen LogP) is -0.693. The van der Waals surface area contributed by atoms with Crippen molar-refractivity contribution in [2.24, 2.45) is 0 Å². The van der Waals surface area contributed by atoms with Crippen LogP contribution in [0.25, 0.3) is 11.2 Å². The van der Waals surface area contributed by atoms with Gasteiger partial charge >= 0.3 is 12.4 Å². The third kappa shape index (κ3) is 5.73. The molecule has 0 bridgehead atoms. The number of imidazole rings is 1. The molecule has 3 aromatic rings. The Hall–Kier alpha value is -2.45. The van der Waals surface area contributed by atoms with E-state index in [4.69, 9.17) is 48.3 Å². The number of hydrogen-bond donors (Lipinski definition) is 6. The minimum atomic E-state index is -3.96. The summed E-state index contributed by atoms with van der Waals surface area (Å²) in [5.74, 6) is -1.12. The van der Waals surface area contributed by atoms with Gasteiger partial charge in [-0.15, -0.1) is 0 Å². The van der Waals surface area contributed by atoms with Crippen LogP contribution >= 0.6 is 18.9 Å². The SMILES string of the molecule is Nc1nc(=S)c2ncn([C@H]3C[C@@H](OP(O)(=S)OC[C@H]4O[C@@H](n5cc(F)c(=O)[nH]c5=O)C[C@H]4O)[C@@H](CO)O3)c2[nH]1. The number of aliphatic hydroxyl groups excluding tert-OH is 2. The van der Waals surface area contributed by atoms with Crippen molar-refractivity contribution < 1.29 is 38.0 Å². The summed E-state index contributed by atoms with van der Waals surface area (Å²) in [6, 6.07) is 0. The first-order valence-corrected chi connectivity index (χ1v) is 14.4. The van der Waals surface area contributed by atoms with Gasteiger partial charge in [0.05, 0.1) is 37.9 Å². The monoisotopic (exact) mass is 607 g/mol. The number of nitrogen functional groups attached to an aromatic ring is 1. The molecule has 2 aliphatic heterocycles. The fourth-order valence-electron chi connectivity index (χ4n) is 4.40. The van der Waals surface area contributed by atoms with Gasteiger partial charge in [0, 0.05) is 12.8 Å². The Morgan fingerprint density at radius 2 is 1.95 bits per heavy atom. The molecule has 7 atom stereocenters. The van der Waals surface area contributed by atoms with Crippen LogP contribution in [0.4, 0.5) is 10.3 Å². The summed E-state index contributed by atoms with van der Waals surface area (Å²) in [5.41, 5.74) is 4.49. The lowest BCUT2D eigenvalue weighted by molar-refractivity contribution is -0.0522. The van der Waals surface area contributed by atoms with Crippen LogP contribution in [0, 0.1) is 10.5 Å². The van der Waals surface area contributed by atoms with Crippen LogP contribution in [0.2, 0.25) is 0 Å². The zero-order valence-corrected chi connectivity index (χ0v) is 22.3. The standard InChI is InChI=1S/C19H23FN7O9PS2/c20-7-3-26(19(31)24-16(7)30)12-1-8(29)11(35-12)5-33-37(32,39)36-9-2-13(34-10(9)4-28)27-6-22-14-15(27)23-18(21)25-17(14)38/h3,6,8-13,28-29H,1-2,4-5H2,(H,32,39)(H,24,30,31)(H3,21,23,25,38)/t8-,9-,10-,11-,12-,13-,37?/m1/s1. The first-order chi connectivity index (χ1) is 18.5. The summed E-state index contributed by atoms with van der Waals surface area (Å²) in [4.78, 5) is 46.8. The molecular weight excluding hydrogens is 584 g/mol. The molecule has 0 spiro atoms. The largest absolute Gasteiger partial charge is 0.394 e. The summed E-state index contributed by atoms with van der Waals surface area (Å²) < 4.78 is 38.7. The number of anilines is 1. The lowest BCUT2D eigenvalue weighted by Gasteiger charge is -2.24. The van der Waals surface area contributed by atoms with E-state index >= 15 is 0 Å². The molecule has 7 N–H and O–H groups in total. The average Bonchev–Trinajstić information content (AvgIpc) is 3.56. The topological polar surface area (TPSA) is 225 Å². The molecule has 16 nitrogen and oxygen atoms in total. The highest BCUT2D eigenvalue weighted by molar-refractivity contribution is 8.07. The zero-order valence-electron chi connectivity index (χ0n) is 19.7. The number of rotatable bonds is 8. The fraction of sp³-hybridized carbons (Fsp3) is 0.526. The predicted molar refractivity (Wildman–Crippen MR) is 136 cm³/mol. The van der Waals surface area contributed by atoms with Gasteiger partial charge in [0.25, 0.3) is 5.56 Å². The molecular formula is C19H23FN7O9PS2. The molecule has 0 aromatic carbocycles. The number of H-pyrrole nitrogens is 2. The Morgan fingerprint density at radius 3 is 2.69 bits per heavy atom. The van der Waals surface area contributed by atoms with Crippen molar-refractivity contribution in [1.82, 2.24) is 29.1 Å². The highest BCUT2D eigenvalue weighted by Gasteiger charge is 2.42. The van der Waals surface area contributed by atoms with Crippen molar-refractivity contribution >= 4 is 47.9 Å². The molecule has 39 heavy (non-hydrogen) atoms. The van der Waals surface area contributed by atoms with E-state index in [0.717, 1.165) is 4.57 Å². The number of halogens is 1. The average molecular weight is 608 g/mol. The quantitative estimate of drug-likeness (QED) is 0.138. The van der Waals surface area contributed by atoms with Gasteiger partial charge in [-0.05, 0) is 11.8 Å². The Balaban J connectivity index is 1.23. The summed E-state index contributed by atoms with van der Waals surface area (Å²) in [6.45, 7) is -4.85. The lowest BCUT2D eigenvalue weighted by atomic mass is 10.2. The smallest absolute Gasteiger partial charge is 0.330 e. The van der Waals surface area contributed by atoms with E-state index in [0.29, 0.717) is 17.4 Å². The van der Waals surface area contributed by atoms with Crippen LogP contribution in [0.3, 0.4) is 0 Å². The molecule has 0 saturated carbocycles. The van der Waals surface area contributed by atoms with Crippen molar-refractivity contribution in [3.8, 4) is 0 Å². The van der Waals surface area contributed by atoms with E-state index in [-0.39, 0.29) is 23.4 Å². The number of nitrogens with one attached hydrogen (secondary N) is 2. The minimum Gasteiger partial charge on any atom is -0.394 e. The normalized spacial score (nSPS) is 28.7. The number of nitrogens with two attached hydrogens (primary N) is 1. The van der Waals surface area contributed by atoms with Crippen molar-refractivity contribution in [3.05, 3.63) is 43.8 Å². The molecule has 5 rings (SSSR count). The number of aromatic amines is 2. The molecule has 0 amide bonds. The van der Waals surface area contributed by atoms with Crippen molar-refractivity contribution in [3.63, 3.8) is 0 Å². The first-order valence-electron chi connectivity index (χ1n) is 11.4. The van der Waals surface area contributed by atoms with Gasteiger partial charge in [-0.25, -0.2) is 14.8 Å². The Morgan fingerprint density at radius 1 is 1.23 bits per heavy atom. The van der Waals surface area contributed by atoms with Crippen LogP contribution < -0.4 is 17.0 Å². The number of aromatic nitrogens is 6. The van der Waals surface area contributed by atoms with Crippen molar-refractivity contribution in [1.29, 1.82) is 0 Å². The van der Waals surface area contributed by atoms with Crippen LogP contribution in [-0.4, -0.2) is 81.8 Å². The number of fused-ring (bicyclic) bond motifs is 1. The molecule has 2 aliphatic rings. The van der Waals surface area contributed by atoms with E-state index < -0.39 is 73.9 Å². The fourth-order valence-corrected chi connectivity index (χ4v) is 6.12. The van der Waals surface area contributed by atoms with E-state index in [2.05, 4.69) is 15.0 Å². The van der Waals surface area contributed by atoms with Crippen LogP contribution in [0.5, 0.6) is 0 Å². The highest BCUT2D eigenvalue weighted by Crippen LogP contribution is 2.49. The molecule has 0 aliphatic carbocycles. The summed E-state index contributed by atoms with van der Waals surface area (Å²) >= 11 is 10.3. The minimum absolute atomic E-state index is 0.0760. The molecule has 212 valence electrons. The Bertz CT molecular complexity index is 1610. The second-order valence-corrected chi connectivity index (χ2v) is 12.0. The molecule has 20 heteroatoms. The lowest BCUT2D eigenvalue weighted by Crippen LogP contribution is -2.34. The van der Waals surface area contributed by atoms with Crippen molar-refractivity contribution in [2.45, 2.75) is 49.7 Å². The first kappa shape index (κ1) is 28.1. The second-order valence-electron chi connectivity index (χ2n) is 8.81. The molecule has 2 fully saturated rings. The maximum Gasteiger partial charge on any atom is 0.330 e. The highest BCUT2D eigenvalue weighted by atomic mass is 32.5. The third-order valence-corrected chi connectivity index (χ3v) is 8.12. The van der Waals surface area contributed by atoms with Gasteiger partial charge in [0.1, 0.15) is 35.8 Å². The van der Waals surface area contributed by atoms with Gasteiger partial charge < -0.3 is 44.3 Å². The third-order valence-electron chi connectivity index (χ3n) is 6.24. The van der Waals surface area contributed by atoms with Crippen LogP contribution in [0.1, 0.15) is 25.3 Å². The number of ether oxygens (including phenoxy) is 2. The molecule has 3 aromatic heterocycles. The van der Waals surface area contributed by atoms with E-state index in [1.165, 1.54) is 6.33 Å². The maximum atomic E-state index is 13.6. The van der Waals surface area contributed by atoms with Gasteiger partial charge in [-0.3, -0.25) is 18.9 Å². The molecule has 0 radical (unpaired) electrons. The van der Waals surface area contributed by atoms with Gasteiger partial charge in [-0.2, -0.15) is 4.39 Å². The van der Waals surface area contributed by atoms with E-state index in [9.17, 15) is 29.1 Å². The van der Waals surface area contributed by atoms with Gasteiger partial charge in [0.2, 0.25) is 5.82 Å². The number of hydrogen-bond acceptors (Lipinski definition) is 13. The molecule has 5 heterocycles. The van der Waals surface area contributed by atoms with Crippen LogP contribution in [0.15, 0.2) is 22.1 Å². The molecule has 1 unspecified atom stereocenters. The number of nitrogens with zero attached hydrogens (tertiary/aromatic N) is 4. The number of aliphatic hydroxyl groups is 2. The summed E-state index contributed by atoms with van der Waals surface area (Å²) in [7, 11) is 0. The zero-order chi connectivity index (χ0) is 28.1. The Labute approximate surface area is 227 Å². The van der Waals surface area contributed by atoms with E-state index in [1.807, 2.05) is 4.98 Å².